The van der Waals surface area contributed by atoms with E-state index < -0.39 is 17.7 Å². The lowest BCUT2D eigenvalue weighted by atomic mass is 9.94. The number of nitrogens with zero attached hydrogens (tertiary/aromatic N) is 1. The summed E-state index contributed by atoms with van der Waals surface area (Å²) < 4.78 is 5.88. The molecule has 1 amide bonds. The van der Waals surface area contributed by atoms with Gasteiger partial charge in [-0.15, -0.1) is 0 Å². The number of ether oxygens (including phenoxy) is 1. The number of amides is 1. The highest BCUT2D eigenvalue weighted by Crippen LogP contribution is 2.44. The van der Waals surface area contributed by atoms with E-state index in [1.807, 2.05) is 0 Å². The van der Waals surface area contributed by atoms with Crippen LogP contribution in [0.4, 0.5) is 0 Å². The molecule has 0 bridgehead atoms. The highest BCUT2D eigenvalue weighted by atomic mass is 79.9. The number of Topliss-reactive ketones (excluding diaryl/α,β-unsaturated/α-hetero) is 1. The summed E-state index contributed by atoms with van der Waals surface area (Å²) in [6.07, 6.45) is 3.75. The number of hydrogen-bond acceptors (Lipinski definition) is 4. The fourth-order valence-electron chi connectivity index (χ4n) is 4.35. The fourth-order valence-corrected chi connectivity index (χ4v) is 5.02. The predicted molar refractivity (Wildman–Crippen MR) is 119 cm³/mol. The molecule has 1 saturated carbocycles. The van der Waals surface area contributed by atoms with Crippen LogP contribution in [0.25, 0.3) is 5.76 Å². The number of halogens is 2. The van der Waals surface area contributed by atoms with Crippen molar-refractivity contribution in [1.29, 1.82) is 0 Å². The molecule has 2 fully saturated rings. The zero-order valence-corrected chi connectivity index (χ0v) is 18.7. The van der Waals surface area contributed by atoms with Gasteiger partial charge >= 0.3 is 0 Å². The van der Waals surface area contributed by atoms with E-state index in [1.54, 1.807) is 54.5 Å². The van der Waals surface area contributed by atoms with Gasteiger partial charge in [-0.25, -0.2) is 0 Å². The number of aliphatic hydroxyl groups excluding tert-OH is 1. The van der Waals surface area contributed by atoms with Crippen LogP contribution < -0.4 is 4.74 Å². The number of methoxy groups -OCH3 is 1. The van der Waals surface area contributed by atoms with Crippen LogP contribution in [0.5, 0.6) is 5.75 Å². The Hall–Kier alpha value is -2.31. The van der Waals surface area contributed by atoms with E-state index in [9.17, 15) is 14.7 Å². The van der Waals surface area contributed by atoms with Crippen LogP contribution in [0, 0.1) is 0 Å². The smallest absolute Gasteiger partial charge is 0.295 e. The first kappa shape index (κ1) is 20.9. The van der Waals surface area contributed by atoms with Crippen molar-refractivity contribution >= 4 is 45.0 Å². The van der Waals surface area contributed by atoms with E-state index >= 15 is 0 Å². The standard InChI is InChI=1S/C23H21BrClNO4/c1-30-18-11-8-14(12-17(18)24)21(27)19-20(13-6-9-15(25)10-7-13)26(23(29)22(19)28)16-4-2-3-5-16/h6-12,16,20,27H,2-5H2,1H3/b21-19-. The number of ketones is 1. The Morgan fingerprint density at radius 2 is 1.80 bits per heavy atom. The molecule has 7 heteroatoms. The predicted octanol–water partition coefficient (Wildman–Crippen LogP) is 5.48. The molecule has 1 unspecified atom stereocenters. The van der Waals surface area contributed by atoms with Crippen molar-refractivity contribution in [2.45, 2.75) is 37.8 Å². The molecule has 1 aliphatic heterocycles. The van der Waals surface area contributed by atoms with E-state index in [0.29, 0.717) is 20.8 Å². The minimum atomic E-state index is -0.661. The molecule has 2 aliphatic rings. The van der Waals surface area contributed by atoms with E-state index in [1.165, 1.54) is 0 Å². The second-order valence-electron chi connectivity index (χ2n) is 7.55. The summed E-state index contributed by atoms with van der Waals surface area (Å²) >= 11 is 9.46. The molecule has 156 valence electrons. The molecule has 0 radical (unpaired) electrons. The maximum absolute atomic E-state index is 13.1. The van der Waals surface area contributed by atoms with Gasteiger partial charge in [0.25, 0.3) is 11.7 Å². The SMILES string of the molecule is COc1ccc(/C(O)=C2/C(=O)C(=O)N(C3CCCC3)C2c2ccc(Cl)cc2)cc1Br. The summed E-state index contributed by atoms with van der Waals surface area (Å²) in [5.41, 5.74) is 1.29. The second-order valence-corrected chi connectivity index (χ2v) is 8.84. The van der Waals surface area contributed by atoms with Gasteiger partial charge in [0, 0.05) is 16.6 Å². The number of aliphatic hydroxyl groups is 1. The van der Waals surface area contributed by atoms with Crippen molar-refractivity contribution in [3.8, 4) is 5.75 Å². The van der Waals surface area contributed by atoms with Gasteiger partial charge in [-0.3, -0.25) is 9.59 Å². The number of rotatable bonds is 4. The highest BCUT2D eigenvalue weighted by Gasteiger charge is 2.49. The lowest BCUT2D eigenvalue weighted by Gasteiger charge is -2.30. The van der Waals surface area contributed by atoms with Crippen molar-refractivity contribution in [3.05, 3.63) is 68.7 Å². The molecule has 2 aromatic carbocycles. The van der Waals surface area contributed by atoms with E-state index in [2.05, 4.69) is 15.9 Å². The Kier molecular flexibility index (Phi) is 5.89. The lowest BCUT2D eigenvalue weighted by molar-refractivity contribution is -0.141. The maximum atomic E-state index is 13.1. The number of carbonyl (C=O) groups is 2. The van der Waals surface area contributed by atoms with Crippen LogP contribution >= 0.6 is 27.5 Å². The molecular weight excluding hydrogens is 470 g/mol. The van der Waals surface area contributed by atoms with Gasteiger partial charge in [-0.1, -0.05) is 36.6 Å². The number of carbonyl (C=O) groups excluding carboxylic acids is 2. The van der Waals surface area contributed by atoms with Gasteiger partial charge in [0.1, 0.15) is 11.5 Å². The van der Waals surface area contributed by atoms with Crippen molar-refractivity contribution in [2.24, 2.45) is 0 Å². The number of benzene rings is 2. The Labute approximate surface area is 188 Å². The van der Waals surface area contributed by atoms with Crippen LogP contribution in [-0.4, -0.2) is 34.8 Å². The normalized spacial score (nSPS) is 21.4. The number of likely N-dealkylation sites (tertiary alicyclic amines) is 1. The summed E-state index contributed by atoms with van der Waals surface area (Å²) in [4.78, 5) is 27.8. The molecule has 1 atom stereocenters. The largest absolute Gasteiger partial charge is 0.507 e. The first-order valence-corrected chi connectivity index (χ1v) is 11.0. The highest BCUT2D eigenvalue weighted by molar-refractivity contribution is 9.10. The molecule has 30 heavy (non-hydrogen) atoms. The topological polar surface area (TPSA) is 66.8 Å². The van der Waals surface area contributed by atoms with E-state index in [0.717, 1.165) is 31.2 Å². The van der Waals surface area contributed by atoms with Gasteiger partial charge < -0.3 is 14.7 Å². The third kappa shape index (κ3) is 3.63. The Balaban J connectivity index is 1.87. The molecule has 4 rings (SSSR count). The first-order chi connectivity index (χ1) is 14.4. The minimum Gasteiger partial charge on any atom is -0.507 e. The summed E-state index contributed by atoms with van der Waals surface area (Å²) in [5, 5.41) is 11.7. The van der Waals surface area contributed by atoms with Crippen LogP contribution in [0.1, 0.15) is 42.9 Å². The summed E-state index contributed by atoms with van der Waals surface area (Å²) in [6, 6.07) is 11.4. The maximum Gasteiger partial charge on any atom is 0.295 e. The molecule has 5 nitrogen and oxygen atoms in total. The second kappa shape index (κ2) is 8.44. The third-order valence-electron chi connectivity index (χ3n) is 5.81. The van der Waals surface area contributed by atoms with Crippen LogP contribution in [0.3, 0.4) is 0 Å². The first-order valence-electron chi connectivity index (χ1n) is 9.82. The lowest BCUT2D eigenvalue weighted by Crippen LogP contribution is -2.37. The molecule has 1 N–H and O–H groups in total. The van der Waals surface area contributed by atoms with Gasteiger partial charge in [0.2, 0.25) is 0 Å². The molecule has 2 aromatic rings. The van der Waals surface area contributed by atoms with Crippen molar-refractivity contribution in [1.82, 2.24) is 4.90 Å². The molecule has 0 aromatic heterocycles. The molecule has 1 saturated heterocycles. The number of hydrogen-bond donors (Lipinski definition) is 1. The van der Waals surface area contributed by atoms with Crippen molar-refractivity contribution in [2.75, 3.05) is 7.11 Å². The Morgan fingerprint density at radius 3 is 2.40 bits per heavy atom. The third-order valence-corrected chi connectivity index (χ3v) is 6.68. The average molecular weight is 491 g/mol. The molecule has 1 aliphatic carbocycles. The molecule has 0 spiro atoms. The van der Waals surface area contributed by atoms with Crippen LogP contribution in [0.2, 0.25) is 5.02 Å². The van der Waals surface area contributed by atoms with Crippen molar-refractivity contribution in [3.63, 3.8) is 0 Å². The summed E-state index contributed by atoms with van der Waals surface area (Å²) in [5.74, 6) is -0.813. The average Bonchev–Trinajstić information content (AvgIpc) is 3.35. The van der Waals surface area contributed by atoms with Gasteiger partial charge in [-0.2, -0.15) is 0 Å². The minimum absolute atomic E-state index is 0.0185. The molecular formula is C23H21BrClNO4. The van der Waals surface area contributed by atoms with E-state index in [4.69, 9.17) is 16.3 Å². The summed E-state index contributed by atoms with van der Waals surface area (Å²) in [7, 11) is 1.55. The fraction of sp³-hybridized carbons (Fsp3) is 0.304. The zero-order chi connectivity index (χ0) is 21.4. The van der Waals surface area contributed by atoms with Crippen LogP contribution in [-0.2, 0) is 9.59 Å². The summed E-state index contributed by atoms with van der Waals surface area (Å²) in [6.45, 7) is 0. The van der Waals surface area contributed by atoms with Gasteiger partial charge in [-0.05, 0) is 64.7 Å². The van der Waals surface area contributed by atoms with Crippen LogP contribution in [0.15, 0.2) is 52.5 Å². The van der Waals surface area contributed by atoms with Gasteiger partial charge in [0.15, 0.2) is 0 Å². The van der Waals surface area contributed by atoms with Crippen molar-refractivity contribution < 1.29 is 19.4 Å². The quantitative estimate of drug-likeness (QED) is 0.350. The Morgan fingerprint density at radius 1 is 1.13 bits per heavy atom. The van der Waals surface area contributed by atoms with Gasteiger partial charge in [0.05, 0.1) is 23.2 Å². The Bertz CT molecular complexity index is 1030. The van der Waals surface area contributed by atoms with E-state index in [-0.39, 0.29) is 17.4 Å². The molecule has 1 heterocycles. The monoisotopic (exact) mass is 489 g/mol. The zero-order valence-electron chi connectivity index (χ0n) is 16.4.